The van der Waals surface area contributed by atoms with Crippen LogP contribution in [0.4, 0.5) is 8.78 Å². The van der Waals surface area contributed by atoms with Gasteiger partial charge in [-0.05, 0) is 80.9 Å². The van der Waals surface area contributed by atoms with Crippen LogP contribution in [0.1, 0.15) is 22.3 Å². The van der Waals surface area contributed by atoms with Crippen molar-refractivity contribution >= 4 is 22.3 Å². The van der Waals surface area contributed by atoms with Gasteiger partial charge in [-0.15, -0.1) is 0 Å². The van der Waals surface area contributed by atoms with Crippen LogP contribution in [0, 0.1) is 57.0 Å². The highest BCUT2D eigenvalue weighted by Crippen LogP contribution is 2.59. The van der Waals surface area contributed by atoms with Gasteiger partial charge in [-0.2, -0.15) is 21.0 Å². The molecule has 2 aliphatic rings. The highest BCUT2D eigenvalue weighted by molar-refractivity contribution is 6.38. The lowest BCUT2D eigenvalue weighted by molar-refractivity contribution is 0.627. The van der Waals surface area contributed by atoms with Crippen LogP contribution in [0.5, 0.6) is 0 Å². The summed E-state index contributed by atoms with van der Waals surface area (Å²) in [5.74, 6) is -0.733. The fraction of sp³-hybridized carbons (Fsp3) is 0. The molecule has 6 heteroatoms. The summed E-state index contributed by atoms with van der Waals surface area (Å²) >= 11 is 0. The molecule has 0 saturated heterocycles. The van der Waals surface area contributed by atoms with Gasteiger partial charge >= 0.3 is 0 Å². The normalized spacial score (nSPS) is 12.4. The molecule has 0 aromatic heterocycles. The molecule has 0 fully saturated rings. The lowest BCUT2D eigenvalue weighted by Crippen LogP contribution is -1.97. The minimum absolute atomic E-state index is 0.104. The molecule has 6 rings (SSSR count). The highest BCUT2D eigenvalue weighted by Gasteiger charge is 2.40. The molecule has 0 amide bonds. The summed E-state index contributed by atoms with van der Waals surface area (Å²) in [5, 5.41) is 39.7. The van der Waals surface area contributed by atoms with Crippen LogP contribution in [-0.2, 0) is 0 Å². The zero-order valence-corrected chi connectivity index (χ0v) is 20.6. The summed E-state index contributed by atoms with van der Waals surface area (Å²) in [5.41, 5.74) is 7.43. The molecule has 2 aliphatic carbocycles. The van der Waals surface area contributed by atoms with Crippen LogP contribution in [0.2, 0.25) is 0 Å². The number of allylic oxidation sites excluding steroid dienone is 6. The molecule has 0 radical (unpaired) electrons. The molecule has 0 heterocycles. The summed E-state index contributed by atoms with van der Waals surface area (Å²) in [4.78, 5) is 0. The van der Waals surface area contributed by atoms with Gasteiger partial charge in [0.05, 0.1) is 0 Å². The van der Waals surface area contributed by atoms with Gasteiger partial charge in [-0.25, -0.2) is 8.78 Å². The molecule has 0 spiro atoms. The van der Waals surface area contributed by atoms with E-state index in [0.29, 0.717) is 44.5 Å². The number of nitrogens with zero attached hydrogens (tertiary/aromatic N) is 4. The highest BCUT2D eigenvalue weighted by atomic mass is 19.1. The van der Waals surface area contributed by atoms with Crippen LogP contribution < -0.4 is 0 Å². The third kappa shape index (κ3) is 3.61. The van der Waals surface area contributed by atoms with Gasteiger partial charge < -0.3 is 0 Å². The van der Waals surface area contributed by atoms with E-state index in [4.69, 9.17) is 0 Å². The van der Waals surface area contributed by atoms with E-state index in [0.717, 1.165) is 22.3 Å². The fourth-order valence-corrected chi connectivity index (χ4v) is 5.43. The van der Waals surface area contributed by atoms with E-state index < -0.39 is 0 Å². The molecule has 40 heavy (non-hydrogen) atoms. The van der Waals surface area contributed by atoms with Crippen molar-refractivity contribution in [1.29, 1.82) is 21.0 Å². The van der Waals surface area contributed by atoms with E-state index in [2.05, 4.69) is 0 Å². The molecule has 4 aromatic rings. The third-order valence-corrected chi connectivity index (χ3v) is 7.17. The third-order valence-electron chi connectivity index (χ3n) is 7.17. The van der Waals surface area contributed by atoms with E-state index >= 15 is 0 Å². The first kappa shape index (κ1) is 24.3. The predicted molar refractivity (Wildman–Crippen MR) is 147 cm³/mol. The minimum atomic E-state index is -0.366. The van der Waals surface area contributed by atoms with Crippen molar-refractivity contribution in [3.63, 3.8) is 0 Å². The maximum absolute atomic E-state index is 13.6. The van der Waals surface area contributed by atoms with Crippen molar-refractivity contribution in [3.05, 3.63) is 130 Å². The molecule has 184 valence electrons. The first-order valence-electron chi connectivity index (χ1n) is 12.1. The molecule has 4 aromatic carbocycles. The second-order valence-corrected chi connectivity index (χ2v) is 9.23. The number of rotatable bonds is 2. The molecule has 4 nitrogen and oxygen atoms in total. The molecule has 0 bridgehead atoms. The number of hydrogen-bond acceptors (Lipinski definition) is 4. The Hall–Kier alpha value is -6.08. The molecule has 0 saturated carbocycles. The van der Waals surface area contributed by atoms with Gasteiger partial charge in [0, 0.05) is 22.3 Å². The standard InChI is InChI=1S/C34H14F2N4/c35-25-7-1-19(2-8-25)21-5-11-27-29(13-21)31(23(15-37)16-38)34-28-12-6-22(20-3-9-26(36)10-4-20)14-30(28)32(33(27)34)24(17-39)18-40/h1-14H. The van der Waals surface area contributed by atoms with Gasteiger partial charge in [-0.3, -0.25) is 0 Å². The van der Waals surface area contributed by atoms with Crippen molar-refractivity contribution in [2.24, 2.45) is 0 Å². The zero-order chi connectivity index (χ0) is 28.0. The van der Waals surface area contributed by atoms with Crippen molar-refractivity contribution in [1.82, 2.24) is 0 Å². The largest absolute Gasteiger partial charge is 0.207 e. The first-order chi connectivity index (χ1) is 19.5. The maximum Gasteiger partial charge on any atom is 0.138 e. The maximum atomic E-state index is 13.6. The van der Waals surface area contributed by atoms with E-state index in [1.165, 1.54) is 24.3 Å². The van der Waals surface area contributed by atoms with Gasteiger partial charge in [0.15, 0.2) is 0 Å². The molecule has 0 aliphatic heterocycles. The van der Waals surface area contributed by atoms with Crippen molar-refractivity contribution in [3.8, 4) is 46.5 Å². The van der Waals surface area contributed by atoms with E-state index in [1.54, 1.807) is 24.3 Å². The predicted octanol–water partition coefficient (Wildman–Crippen LogP) is 7.84. The molecule has 0 N–H and O–H groups in total. The Labute approximate surface area is 228 Å². The molecular weight excluding hydrogens is 502 g/mol. The number of halogens is 2. The van der Waals surface area contributed by atoms with Gasteiger partial charge in [0.25, 0.3) is 0 Å². The van der Waals surface area contributed by atoms with Crippen molar-refractivity contribution in [2.45, 2.75) is 0 Å². The topological polar surface area (TPSA) is 95.2 Å². The van der Waals surface area contributed by atoms with E-state index in [-0.39, 0.29) is 22.8 Å². The Kier molecular flexibility index (Phi) is 5.67. The Morgan fingerprint density at radius 1 is 0.425 bits per heavy atom. The Morgan fingerprint density at radius 2 is 0.750 bits per heavy atom. The minimum Gasteiger partial charge on any atom is -0.207 e. The van der Waals surface area contributed by atoms with E-state index in [9.17, 15) is 29.8 Å². The summed E-state index contributed by atoms with van der Waals surface area (Å²) < 4.78 is 27.1. The number of fused-ring (bicyclic) bond motifs is 4. The average Bonchev–Trinajstić information content (AvgIpc) is 3.48. The van der Waals surface area contributed by atoms with Crippen molar-refractivity contribution in [2.75, 3.05) is 0 Å². The fourth-order valence-electron chi connectivity index (χ4n) is 5.43. The molecule has 0 unspecified atom stereocenters. The van der Waals surface area contributed by atoms with Gasteiger partial charge in [0.2, 0.25) is 0 Å². The van der Waals surface area contributed by atoms with Crippen LogP contribution in [-0.4, -0.2) is 0 Å². The molecule has 0 atom stereocenters. The summed E-state index contributed by atoms with van der Waals surface area (Å²) in [7, 11) is 0. The lowest BCUT2D eigenvalue weighted by atomic mass is 9.87. The number of benzene rings is 4. The number of hydrogen-bond donors (Lipinski definition) is 0. The Morgan fingerprint density at radius 3 is 1.07 bits per heavy atom. The van der Waals surface area contributed by atoms with Crippen LogP contribution in [0.15, 0.2) is 96.1 Å². The first-order valence-corrected chi connectivity index (χ1v) is 12.1. The lowest BCUT2D eigenvalue weighted by Gasteiger charge is -2.15. The van der Waals surface area contributed by atoms with Crippen molar-refractivity contribution < 1.29 is 8.78 Å². The van der Waals surface area contributed by atoms with Crippen LogP contribution in [0.3, 0.4) is 0 Å². The van der Waals surface area contributed by atoms with Gasteiger partial charge in [0.1, 0.15) is 47.1 Å². The quantitative estimate of drug-likeness (QED) is 0.254. The summed E-state index contributed by atoms with van der Waals surface area (Å²) in [6, 6.07) is 31.1. The molecular formula is C34H14F2N4. The Bertz CT molecular complexity index is 1850. The second kappa shape index (κ2) is 9.34. The van der Waals surface area contributed by atoms with Gasteiger partial charge in [-0.1, -0.05) is 48.5 Å². The van der Waals surface area contributed by atoms with Crippen LogP contribution >= 0.6 is 0 Å². The average molecular weight is 517 g/mol. The van der Waals surface area contributed by atoms with Crippen LogP contribution in [0.25, 0.3) is 44.5 Å². The zero-order valence-electron chi connectivity index (χ0n) is 20.6. The van der Waals surface area contributed by atoms with E-state index in [1.807, 2.05) is 60.7 Å². The summed E-state index contributed by atoms with van der Waals surface area (Å²) in [6.45, 7) is 0. The Balaban J connectivity index is 1.64. The summed E-state index contributed by atoms with van der Waals surface area (Å²) in [6.07, 6.45) is 0. The monoisotopic (exact) mass is 516 g/mol. The SMILES string of the molecule is N#CC(C#N)=C1C2=C(C(=C(C#N)C#N)c3cc(-c4ccc(F)cc4)ccc32)c2ccc(-c3ccc(F)cc3)cc21. The smallest absolute Gasteiger partial charge is 0.138 e. The second-order valence-electron chi connectivity index (χ2n) is 9.23. The number of nitriles is 4.